The van der Waals surface area contributed by atoms with E-state index in [9.17, 15) is 18.0 Å². The molecule has 0 saturated heterocycles. The molecule has 0 spiro atoms. The summed E-state index contributed by atoms with van der Waals surface area (Å²) in [5, 5.41) is 2.93. The van der Waals surface area contributed by atoms with Gasteiger partial charge in [-0.25, -0.2) is 13.1 Å². The van der Waals surface area contributed by atoms with Gasteiger partial charge in [0.2, 0.25) is 15.9 Å². The summed E-state index contributed by atoms with van der Waals surface area (Å²) >= 11 is 0. The van der Waals surface area contributed by atoms with Crippen LogP contribution in [0, 0.1) is 0 Å². The van der Waals surface area contributed by atoms with Crippen molar-refractivity contribution in [2.45, 2.75) is 30.6 Å². The number of rotatable bonds is 11. The lowest BCUT2D eigenvalue weighted by Gasteiger charge is -2.18. The number of aryl methyl sites for hydroxylation is 1. The maximum atomic E-state index is 13.2. The molecule has 0 radical (unpaired) electrons. The fraction of sp³-hybridized carbons (Fsp3) is 0.212. The van der Waals surface area contributed by atoms with E-state index in [0.717, 1.165) is 28.8 Å². The van der Waals surface area contributed by atoms with Crippen LogP contribution in [0.15, 0.2) is 102 Å². The Labute approximate surface area is 246 Å². The van der Waals surface area contributed by atoms with Crippen molar-refractivity contribution in [3.63, 3.8) is 0 Å². The van der Waals surface area contributed by atoms with Gasteiger partial charge in [-0.05, 0) is 84.5 Å². The molecule has 216 valence electrons. The molecule has 5 rings (SSSR count). The Morgan fingerprint density at radius 1 is 0.857 bits per heavy atom. The highest BCUT2D eigenvalue weighted by Crippen LogP contribution is 2.32. The van der Waals surface area contributed by atoms with Crippen LogP contribution in [0.4, 0.5) is 11.4 Å². The lowest BCUT2D eigenvalue weighted by molar-refractivity contribution is -0.116. The molecule has 0 aliphatic carbocycles. The van der Waals surface area contributed by atoms with E-state index in [4.69, 9.17) is 4.74 Å². The van der Waals surface area contributed by atoms with Gasteiger partial charge in [0.15, 0.2) is 0 Å². The summed E-state index contributed by atoms with van der Waals surface area (Å²) in [4.78, 5) is 27.8. The smallest absolute Gasteiger partial charge is 0.258 e. The Balaban J connectivity index is 1.14. The Morgan fingerprint density at radius 3 is 2.29 bits per heavy atom. The molecule has 42 heavy (non-hydrogen) atoms. The van der Waals surface area contributed by atoms with Gasteiger partial charge in [-0.1, -0.05) is 48.5 Å². The average molecular weight is 584 g/mol. The molecule has 1 aliphatic rings. The number of sulfonamides is 1. The maximum Gasteiger partial charge on any atom is 0.258 e. The number of carbonyl (C=O) groups is 2. The van der Waals surface area contributed by atoms with Crippen LogP contribution in [0.3, 0.4) is 0 Å². The molecule has 0 atom stereocenters. The number of benzene rings is 4. The predicted molar refractivity (Wildman–Crippen MR) is 164 cm³/mol. The molecule has 0 unspecified atom stereocenters. The molecule has 4 aromatic carbocycles. The number of hydrogen-bond donors (Lipinski definition) is 2. The van der Waals surface area contributed by atoms with E-state index in [-0.39, 0.29) is 23.1 Å². The van der Waals surface area contributed by atoms with Gasteiger partial charge in [-0.3, -0.25) is 9.59 Å². The van der Waals surface area contributed by atoms with Crippen molar-refractivity contribution >= 4 is 33.2 Å². The standard InChI is InChI=1S/C33H33N3O5S/c1-41-29-14-11-27(12-15-29)33(38)36-22-20-26-10-13-28(23-31(26)36)35-32(37)18-9-25-7-16-30(17-8-25)42(39,40)34-21-19-24-5-3-2-4-6-24/h2-8,10-17,23,34H,9,18-22H2,1H3,(H,35,37). The van der Waals surface area contributed by atoms with Gasteiger partial charge in [0.25, 0.3) is 5.91 Å². The zero-order valence-electron chi connectivity index (χ0n) is 23.4. The highest BCUT2D eigenvalue weighted by atomic mass is 32.2. The van der Waals surface area contributed by atoms with Crippen molar-refractivity contribution in [1.82, 2.24) is 4.72 Å². The predicted octanol–water partition coefficient (Wildman–Crippen LogP) is 4.99. The highest BCUT2D eigenvalue weighted by molar-refractivity contribution is 7.89. The Morgan fingerprint density at radius 2 is 1.57 bits per heavy atom. The third kappa shape index (κ3) is 7.05. The SMILES string of the molecule is COc1ccc(C(=O)N2CCc3ccc(NC(=O)CCc4ccc(S(=O)(=O)NCCc5ccccc5)cc4)cc32)cc1. The van der Waals surface area contributed by atoms with Gasteiger partial charge in [-0.2, -0.15) is 0 Å². The molecule has 0 bridgehead atoms. The number of nitrogens with one attached hydrogen (secondary N) is 2. The molecule has 0 aromatic heterocycles. The minimum atomic E-state index is -3.62. The third-order valence-corrected chi connectivity index (χ3v) is 8.75. The molecule has 1 heterocycles. The number of anilines is 2. The molecule has 2 amide bonds. The minimum absolute atomic E-state index is 0.100. The lowest BCUT2D eigenvalue weighted by Crippen LogP contribution is -2.28. The van der Waals surface area contributed by atoms with Gasteiger partial charge in [0.05, 0.1) is 12.0 Å². The Kier molecular flexibility index (Phi) is 9.00. The zero-order valence-corrected chi connectivity index (χ0v) is 24.2. The number of ether oxygens (including phenoxy) is 1. The largest absolute Gasteiger partial charge is 0.497 e. The topological polar surface area (TPSA) is 105 Å². The fourth-order valence-electron chi connectivity index (χ4n) is 4.93. The third-order valence-electron chi connectivity index (χ3n) is 7.27. The van der Waals surface area contributed by atoms with Crippen molar-refractivity contribution < 1.29 is 22.7 Å². The van der Waals surface area contributed by atoms with E-state index in [1.165, 1.54) is 0 Å². The molecular weight excluding hydrogens is 550 g/mol. The molecule has 0 fully saturated rings. The second-order valence-corrected chi connectivity index (χ2v) is 11.9. The van der Waals surface area contributed by atoms with E-state index in [2.05, 4.69) is 10.0 Å². The van der Waals surface area contributed by atoms with Gasteiger partial charge < -0.3 is 15.0 Å². The summed E-state index contributed by atoms with van der Waals surface area (Å²) in [6.45, 7) is 0.885. The molecular formula is C33H33N3O5S. The molecule has 4 aromatic rings. The normalized spacial score (nSPS) is 12.5. The fourth-order valence-corrected chi connectivity index (χ4v) is 5.96. The van der Waals surface area contributed by atoms with E-state index in [1.807, 2.05) is 48.5 Å². The van der Waals surface area contributed by atoms with Crippen LogP contribution >= 0.6 is 0 Å². The monoisotopic (exact) mass is 583 g/mol. The average Bonchev–Trinajstić information content (AvgIpc) is 3.44. The number of fused-ring (bicyclic) bond motifs is 1. The van der Waals surface area contributed by atoms with Crippen molar-refractivity contribution in [2.24, 2.45) is 0 Å². The van der Waals surface area contributed by atoms with Crippen molar-refractivity contribution in [2.75, 3.05) is 30.4 Å². The van der Waals surface area contributed by atoms with Crippen LogP contribution in [0.25, 0.3) is 0 Å². The van der Waals surface area contributed by atoms with Crippen LogP contribution in [-0.4, -0.2) is 40.4 Å². The number of methoxy groups -OCH3 is 1. The summed E-state index contributed by atoms with van der Waals surface area (Å²) in [7, 11) is -2.04. The molecule has 9 heteroatoms. The van der Waals surface area contributed by atoms with E-state index >= 15 is 0 Å². The summed E-state index contributed by atoms with van der Waals surface area (Å²) < 4.78 is 33.1. The van der Waals surface area contributed by atoms with Crippen LogP contribution in [0.2, 0.25) is 0 Å². The van der Waals surface area contributed by atoms with Gasteiger partial charge in [0, 0.05) is 36.4 Å². The van der Waals surface area contributed by atoms with Crippen molar-refractivity contribution in [1.29, 1.82) is 0 Å². The van der Waals surface area contributed by atoms with Crippen molar-refractivity contribution in [3.05, 3.63) is 119 Å². The number of hydrogen-bond acceptors (Lipinski definition) is 5. The highest BCUT2D eigenvalue weighted by Gasteiger charge is 2.26. The van der Waals surface area contributed by atoms with Crippen LogP contribution in [0.1, 0.15) is 33.5 Å². The second kappa shape index (κ2) is 13.0. The first-order valence-corrected chi connectivity index (χ1v) is 15.3. The Hall–Kier alpha value is -4.47. The van der Waals surface area contributed by atoms with Crippen molar-refractivity contribution in [3.8, 4) is 5.75 Å². The van der Waals surface area contributed by atoms with Crippen LogP contribution in [0.5, 0.6) is 5.75 Å². The molecule has 1 aliphatic heterocycles. The first-order valence-electron chi connectivity index (χ1n) is 13.8. The van der Waals surface area contributed by atoms with Crippen LogP contribution in [-0.2, 0) is 34.1 Å². The first kappa shape index (κ1) is 29.0. The molecule has 8 nitrogen and oxygen atoms in total. The minimum Gasteiger partial charge on any atom is -0.497 e. The summed E-state index contributed by atoms with van der Waals surface area (Å²) in [6.07, 6.45) is 2.04. The number of nitrogens with zero attached hydrogens (tertiary/aromatic N) is 1. The number of amides is 2. The second-order valence-electron chi connectivity index (χ2n) is 10.1. The van der Waals surface area contributed by atoms with E-state index in [1.54, 1.807) is 60.5 Å². The summed E-state index contributed by atoms with van der Waals surface area (Å²) in [5.41, 5.74) is 4.96. The van der Waals surface area contributed by atoms with Gasteiger partial charge in [-0.15, -0.1) is 0 Å². The lowest BCUT2D eigenvalue weighted by atomic mass is 10.1. The number of carbonyl (C=O) groups excluding carboxylic acids is 2. The van der Waals surface area contributed by atoms with Gasteiger partial charge in [0.1, 0.15) is 5.75 Å². The zero-order chi connectivity index (χ0) is 29.5. The summed E-state index contributed by atoms with van der Waals surface area (Å²) in [6, 6.07) is 28.9. The molecule has 0 saturated carbocycles. The quantitative estimate of drug-likeness (QED) is 0.259. The summed E-state index contributed by atoms with van der Waals surface area (Å²) in [5.74, 6) is 0.419. The van der Waals surface area contributed by atoms with Crippen LogP contribution < -0.4 is 19.7 Å². The van der Waals surface area contributed by atoms with Gasteiger partial charge >= 0.3 is 0 Å². The first-order chi connectivity index (χ1) is 20.3. The van der Waals surface area contributed by atoms with E-state index in [0.29, 0.717) is 42.9 Å². The Bertz CT molecular complexity index is 1650. The molecule has 2 N–H and O–H groups in total. The maximum absolute atomic E-state index is 13.2. The van der Waals surface area contributed by atoms with E-state index < -0.39 is 10.0 Å².